The van der Waals surface area contributed by atoms with E-state index in [1.54, 1.807) is 0 Å². The molecule has 1 aliphatic heterocycles. The van der Waals surface area contributed by atoms with Gasteiger partial charge in [0, 0.05) is 6.42 Å². The molecule has 1 radical (unpaired) electrons. The summed E-state index contributed by atoms with van der Waals surface area (Å²) in [6.45, 7) is 0. The largest absolute Gasteiger partial charge is 0.616 e. The fourth-order valence-corrected chi connectivity index (χ4v) is 2.83. The molecule has 0 aliphatic carbocycles. The molecule has 1 rings (SSSR count). The van der Waals surface area contributed by atoms with Crippen molar-refractivity contribution in [2.75, 3.05) is 5.75 Å². The molecule has 59 valence electrons. The minimum Gasteiger partial charge on any atom is -0.616 e. The summed E-state index contributed by atoms with van der Waals surface area (Å²) in [7, 11) is 0. The molecule has 1 heterocycles. The maximum atomic E-state index is 11.8. The summed E-state index contributed by atoms with van der Waals surface area (Å²) >= 11 is 1.75. The first-order valence-electron chi connectivity index (χ1n) is 2.82. The van der Waals surface area contributed by atoms with Gasteiger partial charge in [0.1, 0.15) is 15.8 Å². The van der Waals surface area contributed by atoms with E-state index >= 15 is 0 Å². The molecule has 1 saturated heterocycles. The molecular weight excluding hydrogens is 226 g/mol. The van der Waals surface area contributed by atoms with Crippen LogP contribution in [0.3, 0.4) is 0 Å². The number of hydrogen-bond donors (Lipinski definition) is 0. The van der Waals surface area contributed by atoms with Gasteiger partial charge < -0.3 is 4.55 Å². The fourth-order valence-electron chi connectivity index (χ4n) is 0.770. The third-order valence-electron chi connectivity index (χ3n) is 1.48. The lowest BCUT2D eigenvalue weighted by atomic mass is 10.2. The van der Waals surface area contributed by atoms with Gasteiger partial charge in [-0.1, -0.05) is 15.9 Å². The van der Waals surface area contributed by atoms with Gasteiger partial charge in [0.25, 0.3) is 0 Å². The van der Waals surface area contributed by atoms with Crippen LogP contribution in [0.5, 0.6) is 0 Å². The maximum Gasteiger partial charge on any atom is 0.328 e. The Morgan fingerprint density at radius 3 is 2.40 bits per heavy atom. The van der Waals surface area contributed by atoms with E-state index in [2.05, 4.69) is 15.9 Å². The van der Waals surface area contributed by atoms with Gasteiger partial charge in [-0.05, 0) is 11.2 Å². The van der Waals surface area contributed by atoms with Crippen LogP contribution >= 0.6 is 15.9 Å². The van der Waals surface area contributed by atoms with E-state index in [-0.39, 0.29) is 5.25 Å². The lowest BCUT2D eigenvalue weighted by Gasteiger charge is -2.32. The van der Waals surface area contributed by atoms with Crippen LogP contribution in [0.25, 0.3) is 0 Å². The molecule has 0 aromatic heterocycles. The number of rotatable bonds is 2. The normalized spacial score (nSPS) is 35.7. The van der Waals surface area contributed by atoms with Crippen LogP contribution in [-0.4, -0.2) is 20.4 Å². The van der Waals surface area contributed by atoms with E-state index in [0.29, 0.717) is 12.2 Å². The van der Waals surface area contributed by atoms with E-state index < -0.39 is 22.4 Å². The Kier molecular flexibility index (Phi) is 2.94. The van der Waals surface area contributed by atoms with Gasteiger partial charge in [-0.3, -0.25) is 0 Å². The summed E-state index contributed by atoms with van der Waals surface area (Å²) in [6, 6.07) is 0. The second kappa shape index (κ2) is 3.36. The van der Waals surface area contributed by atoms with Crippen molar-refractivity contribution < 1.29 is 13.3 Å². The van der Waals surface area contributed by atoms with Crippen LogP contribution in [0.1, 0.15) is 6.42 Å². The lowest BCUT2D eigenvalue weighted by molar-refractivity contribution is 0.272. The first-order chi connectivity index (χ1) is 4.63. The second-order valence-electron chi connectivity index (χ2n) is 2.10. The van der Waals surface area contributed by atoms with Gasteiger partial charge in [0.2, 0.25) is 0 Å². The van der Waals surface area contributed by atoms with Gasteiger partial charge in [0.15, 0.2) is 0 Å². The molecule has 1 aliphatic rings. The molecule has 0 spiro atoms. The molecule has 0 amide bonds. The number of alkyl halides is 1. The molecule has 1 fully saturated rings. The Bertz CT molecular complexity index is 119. The lowest BCUT2D eigenvalue weighted by Crippen LogP contribution is -2.43. The van der Waals surface area contributed by atoms with Crippen molar-refractivity contribution in [2.24, 2.45) is 0 Å². The second-order valence-corrected chi connectivity index (χ2v) is 4.87. The van der Waals surface area contributed by atoms with Crippen molar-refractivity contribution in [3.05, 3.63) is 6.43 Å². The third-order valence-corrected chi connectivity index (χ3v) is 4.63. The summed E-state index contributed by atoms with van der Waals surface area (Å²) in [5.74, 6) is 0.569. The Labute approximate surface area is 69.5 Å². The summed E-state index contributed by atoms with van der Waals surface area (Å²) in [6.07, 6.45) is -1.03. The van der Waals surface area contributed by atoms with Crippen LogP contribution in [0, 0.1) is 6.43 Å². The van der Waals surface area contributed by atoms with Crippen LogP contribution in [0.2, 0.25) is 0 Å². The standard InChI is InChI=1S/C5H6BrF2OS/c6-4(5(7)8)3-1-2-10(3)9/h3-4H,1-2H2. The van der Waals surface area contributed by atoms with Gasteiger partial charge in [-0.2, -0.15) is 8.78 Å². The maximum absolute atomic E-state index is 11.8. The van der Waals surface area contributed by atoms with Gasteiger partial charge in [-0.25, -0.2) is 0 Å². The summed E-state index contributed by atoms with van der Waals surface area (Å²) < 4.78 is 34.3. The fraction of sp³-hybridized carbons (Fsp3) is 0.800. The van der Waals surface area contributed by atoms with Gasteiger partial charge in [-0.15, -0.1) is 0 Å². The quantitative estimate of drug-likeness (QED) is 0.525. The predicted octanol–water partition coefficient (Wildman–Crippen LogP) is 1.70. The SMILES string of the molecule is [O-][S+]1CCC1C(Br)[C](F)F. The zero-order valence-electron chi connectivity index (χ0n) is 5.02. The Hall–Kier alpha value is 0.650. The van der Waals surface area contributed by atoms with Crippen molar-refractivity contribution in [3.8, 4) is 0 Å². The van der Waals surface area contributed by atoms with Crippen LogP contribution in [0.15, 0.2) is 0 Å². The summed E-state index contributed by atoms with van der Waals surface area (Å²) in [5.41, 5.74) is 0. The molecule has 5 heteroatoms. The smallest absolute Gasteiger partial charge is 0.328 e. The minimum atomic E-state index is -1.67. The highest BCUT2D eigenvalue weighted by Crippen LogP contribution is 2.34. The molecular formula is C5H6BrF2OS. The molecule has 3 atom stereocenters. The molecule has 0 bridgehead atoms. The highest BCUT2D eigenvalue weighted by atomic mass is 79.9. The zero-order chi connectivity index (χ0) is 7.72. The highest BCUT2D eigenvalue weighted by molar-refractivity contribution is 9.09. The molecule has 3 unspecified atom stereocenters. The Morgan fingerprint density at radius 1 is 1.70 bits per heavy atom. The van der Waals surface area contributed by atoms with E-state index in [1.165, 1.54) is 0 Å². The number of halogens is 3. The van der Waals surface area contributed by atoms with Crippen LogP contribution < -0.4 is 0 Å². The van der Waals surface area contributed by atoms with Gasteiger partial charge >= 0.3 is 6.43 Å². The van der Waals surface area contributed by atoms with E-state index in [9.17, 15) is 13.3 Å². The molecule has 0 N–H and O–H groups in total. The van der Waals surface area contributed by atoms with E-state index in [4.69, 9.17) is 0 Å². The van der Waals surface area contributed by atoms with Crippen molar-refractivity contribution in [3.63, 3.8) is 0 Å². The Morgan fingerprint density at radius 2 is 2.30 bits per heavy atom. The topological polar surface area (TPSA) is 23.1 Å². The van der Waals surface area contributed by atoms with E-state index in [1.807, 2.05) is 0 Å². The average molecular weight is 232 g/mol. The van der Waals surface area contributed by atoms with Crippen molar-refractivity contribution >= 4 is 27.1 Å². The monoisotopic (exact) mass is 231 g/mol. The molecule has 0 aromatic rings. The summed E-state index contributed by atoms with van der Waals surface area (Å²) in [4.78, 5) is -0.956. The minimum absolute atomic E-state index is 0.356. The highest BCUT2D eigenvalue weighted by Gasteiger charge is 2.44. The average Bonchev–Trinajstić information content (AvgIpc) is 1.84. The number of hydrogen-bond acceptors (Lipinski definition) is 1. The zero-order valence-corrected chi connectivity index (χ0v) is 7.42. The molecule has 0 saturated carbocycles. The molecule has 10 heavy (non-hydrogen) atoms. The predicted molar refractivity (Wildman–Crippen MR) is 39.6 cm³/mol. The van der Waals surface area contributed by atoms with E-state index in [0.717, 1.165) is 0 Å². The first-order valence-corrected chi connectivity index (χ1v) is 5.12. The Balaban J connectivity index is 2.34. The van der Waals surface area contributed by atoms with Crippen molar-refractivity contribution in [1.29, 1.82) is 0 Å². The van der Waals surface area contributed by atoms with Crippen LogP contribution in [0.4, 0.5) is 8.78 Å². The third kappa shape index (κ3) is 1.62. The van der Waals surface area contributed by atoms with Crippen molar-refractivity contribution in [2.45, 2.75) is 16.5 Å². The molecule has 0 aromatic carbocycles. The van der Waals surface area contributed by atoms with Crippen LogP contribution in [-0.2, 0) is 11.2 Å². The molecule has 1 nitrogen and oxygen atoms in total. The summed E-state index contributed by atoms with van der Waals surface area (Å²) in [5, 5.41) is -0.356. The van der Waals surface area contributed by atoms with Crippen molar-refractivity contribution in [1.82, 2.24) is 0 Å². The van der Waals surface area contributed by atoms with Gasteiger partial charge in [0.05, 0.1) is 0 Å². The first kappa shape index (κ1) is 8.74.